The Kier molecular flexibility index (Phi) is 2.82. The molecule has 0 radical (unpaired) electrons. The van der Waals surface area contributed by atoms with Crippen LogP contribution < -0.4 is 11.1 Å². The van der Waals surface area contributed by atoms with Crippen molar-refractivity contribution in [1.82, 2.24) is 19.6 Å². The number of aryl methyl sites for hydroxylation is 2. The van der Waals surface area contributed by atoms with Gasteiger partial charge in [-0.1, -0.05) is 0 Å². The van der Waals surface area contributed by atoms with Gasteiger partial charge in [-0.3, -0.25) is 14.2 Å². The molecule has 0 saturated heterocycles. The van der Waals surface area contributed by atoms with E-state index in [4.69, 9.17) is 5.73 Å². The number of carbonyl (C=O) groups is 1. The van der Waals surface area contributed by atoms with E-state index in [-0.39, 0.29) is 12.5 Å². The molecule has 0 aromatic carbocycles. The fourth-order valence-corrected chi connectivity index (χ4v) is 1.45. The highest BCUT2D eigenvalue weighted by Crippen LogP contribution is 2.07. The zero-order chi connectivity index (χ0) is 12.4. The summed E-state index contributed by atoms with van der Waals surface area (Å²) >= 11 is 0. The largest absolute Gasteiger partial charge is 0.382 e. The summed E-state index contributed by atoms with van der Waals surface area (Å²) < 4.78 is 3.13. The monoisotopic (exact) mass is 234 g/mol. The van der Waals surface area contributed by atoms with Crippen molar-refractivity contribution in [2.75, 3.05) is 11.1 Å². The summed E-state index contributed by atoms with van der Waals surface area (Å²) in [6.07, 6.45) is 5.04. The second kappa shape index (κ2) is 4.28. The SMILES string of the molecule is Cc1cn(CC(=O)Nc2cnn(C)c2)nc1N. The predicted octanol–water partition coefficient (Wildman–Crippen LogP) is 0.146. The lowest BCUT2D eigenvalue weighted by atomic mass is 10.4. The van der Waals surface area contributed by atoms with Crippen LogP contribution in [0.5, 0.6) is 0 Å². The molecule has 0 saturated carbocycles. The molecule has 3 N–H and O–H groups in total. The molecule has 2 aromatic rings. The van der Waals surface area contributed by atoms with Crippen molar-refractivity contribution >= 4 is 17.4 Å². The minimum atomic E-state index is -0.166. The van der Waals surface area contributed by atoms with E-state index >= 15 is 0 Å². The number of amides is 1. The topological polar surface area (TPSA) is 90.8 Å². The van der Waals surface area contributed by atoms with Gasteiger partial charge in [-0.2, -0.15) is 10.2 Å². The summed E-state index contributed by atoms with van der Waals surface area (Å²) in [7, 11) is 1.78. The van der Waals surface area contributed by atoms with Gasteiger partial charge in [-0.15, -0.1) is 0 Å². The van der Waals surface area contributed by atoms with Crippen molar-refractivity contribution in [1.29, 1.82) is 0 Å². The lowest BCUT2D eigenvalue weighted by Gasteiger charge is -2.01. The number of carbonyl (C=O) groups excluding carboxylic acids is 1. The lowest BCUT2D eigenvalue weighted by molar-refractivity contribution is -0.116. The number of anilines is 2. The minimum absolute atomic E-state index is 0.132. The number of nitrogens with one attached hydrogen (secondary N) is 1. The molecule has 0 aliphatic rings. The maximum atomic E-state index is 11.7. The first-order valence-electron chi connectivity index (χ1n) is 5.12. The van der Waals surface area contributed by atoms with E-state index in [1.54, 1.807) is 30.3 Å². The summed E-state index contributed by atoms with van der Waals surface area (Å²) in [5.41, 5.74) is 7.12. The van der Waals surface area contributed by atoms with E-state index in [9.17, 15) is 4.79 Å². The van der Waals surface area contributed by atoms with Crippen LogP contribution in [-0.4, -0.2) is 25.5 Å². The Labute approximate surface area is 98.2 Å². The van der Waals surface area contributed by atoms with Crippen LogP contribution in [0.15, 0.2) is 18.6 Å². The van der Waals surface area contributed by atoms with Gasteiger partial charge in [0.15, 0.2) is 0 Å². The van der Waals surface area contributed by atoms with Gasteiger partial charge in [0.2, 0.25) is 5.91 Å². The Balaban J connectivity index is 1.97. The van der Waals surface area contributed by atoms with Crippen molar-refractivity contribution in [2.24, 2.45) is 7.05 Å². The maximum Gasteiger partial charge on any atom is 0.246 e. The molecule has 0 bridgehead atoms. The molecule has 7 heteroatoms. The number of hydrogen-bond donors (Lipinski definition) is 2. The molecule has 0 unspecified atom stereocenters. The molecule has 0 fully saturated rings. The van der Waals surface area contributed by atoms with E-state index in [2.05, 4.69) is 15.5 Å². The van der Waals surface area contributed by atoms with Crippen molar-refractivity contribution in [3.05, 3.63) is 24.2 Å². The third-order valence-corrected chi connectivity index (χ3v) is 2.28. The maximum absolute atomic E-state index is 11.7. The van der Waals surface area contributed by atoms with E-state index in [1.165, 1.54) is 4.68 Å². The molecule has 0 aliphatic carbocycles. The van der Waals surface area contributed by atoms with E-state index in [0.717, 1.165) is 5.56 Å². The minimum Gasteiger partial charge on any atom is -0.382 e. The fraction of sp³-hybridized carbons (Fsp3) is 0.300. The molecule has 0 atom stereocenters. The lowest BCUT2D eigenvalue weighted by Crippen LogP contribution is -2.18. The fourth-order valence-electron chi connectivity index (χ4n) is 1.45. The van der Waals surface area contributed by atoms with Gasteiger partial charge in [0, 0.05) is 25.0 Å². The average molecular weight is 234 g/mol. The standard InChI is InChI=1S/C10H14N6O/c1-7-4-16(14-10(7)11)6-9(17)13-8-3-12-15(2)5-8/h3-5H,6H2,1-2H3,(H2,11,14)(H,13,17). The number of nitrogens with zero attached hydrogens (tertiary/aromatic N) is 4. The number of nitrogens with two attached hydrogens (primary N) is 1. The quantitative estimate of drug-likeness (QED) is 0.790. The van der Waals surface area contributed by atoms with E-state index in [0.29, 0.717) is 11.5 Å². The molecular weight excluding hydrogens is 220 g/mol. The first-order chi connectivity index (χ1) is 8.04. The van der Waals surface area contributed by atoms with Crippen LogP contribution in [0.25, 0.3) is 0 Å². The Morgan fingerprint density at radius 1 is 1.53 bits per heavy atom. The van der Waals surface area contributed by atoms with Gasteiger partial charge in [0.25, 0.3) is 0 Å². The molecule has 0 spiro atoms. The summed E-state index contributed by atoms with van der Waals surface area (Å²) in [4.78, 5) is 11.7. The molecule has 17 heavy (non-hydrogen) atoms. The summed E-state index contributed by atoms with van der Waals surface area (Å²) in [5.74, 6) is 0.277. The highest BCUT2D eigenvalue weighted by atomic mass is 16.2. The van der Waals surface area contributed by atoms with Gasteiger partial charge >= 0.3 is 0 Å². The van der Waals surface area contributed by atoms with Crippen molar-refractivity contribution in [3.63, 3.8) is 0 Å². The first-order valence-corrected chi connectivity index (χ1v) is 5.12. The van der Waals surface area contributed by atoms with Crippen LogP contribution in [0.3, 0.4) is 0 Å². The van der Waals surface area contributed by atoms with Crippen molar-refractivity contribution < 1.29 is 4.79 Å². The second-order valence-corrected chi connectivity index (χ2v) is 3.85. The Bertz CT molecular complexity index is 521. The first kappa shape index (κ1) is 11.2. The summed E-state index contributed by atoms with van der Waals surface area (Å²) in [5, 5.41) is 10.7. The molecule has 1 amide bonds. The van der Waals surface area contributed by atoms with Gasteiger partial charge in [0.1, 0.15) is 12.4 Å². The van der Waals surface area contributed by atoms with Crippen LogP contribution in [0.4, 0.5) is 11.5 Å². The summed E-state index contributed by atoms with van der Waals surface area (Å²) in [6.45, 7) is 1.98. The Morgan fingerprint density at radius 3 is 2.82 bits per heavy atom. The van der Waals surface area contributed by atoms with Gasteiger partial charge in [-0.25, -0.2) is 0 Å². The molecule has 2 aromatic heterocycles. The van der Waals surface area contributed by atoms with Crippen LogP contribution in [0.1, 0.15) is 5.56 Å². The van der Waals surface area contributed by atoms with Crippen LogP contribution >= 0.6 is 0 Å². The van der Waals surface area contributed by atoms with Crippen LogP contribution in [0.2, 0.25) is 0 Å². The van der Waals surface area contributed by atoms with Crippen LogP contribution in [-0.2, 0) is 18.4 Å². The van der Waals surface area contributed by atoms with Gasteiger partial charge < -0.3 is 11.1 Å². The number of rotatable bonds is 3. The third-order valence-electron chi connectivity index (χ3n) is 2.28. The third kappa shape index (κ3) is 2.63. The zero-order valence-electron chi connectivity index (χ0n) is 9.71. The molecule has 90 valence electrons. The predicted molar refractivity (Wildman–Crippen MR) is 63.2 cm³/mol. The second-order valence-electron chi connectivity index (χ2n) is 3.85. The van der Waals surface area contributed by atoms with Gasteiger partial charge in [-0.05, 0) is 6.92 Å². The smallest absolute Gasteiger partial charge is 0.246 e. The highest BCUT2D eigenvalue weighted by Gasteiger charge is 2.07. The number of aromatic nitrogens is 4. The molecule has 2 heterocycles. The molecule has 0 aliphatic heterocycles. The van der Waals surface area contributed by atoms with Crippen molar-refractivity contribution in [2.45, 2.75) is 13.5 Å². The Morgan fingerprint density at radius 2 is 2.29 bits per heavy atom. The van der Waals surface area contributed by atoms with E-state index in [1.807, 2.05) is 6.92 Å². The van der Waals surface area contributed by atoms with Crippen molar-refractivity contribution in [3.8, 4) is 0 Å². The van der Waals surface area contributed by atoms with E-state index < -0.39 is 0 Å². The van der Waals surface area contributed by atoms with Crippen LogP contribution in [0, 0.1) is 6.92 Å². The number of nitrogen functional groups attached to an aromatic ring is 1. The Hall–Kier alpha value is -2.31. The highest BCUT2D eigenvalue weighted by molar-refractivity contribution is 5.90. The molecule has 7 nitrogen and oxygen atoms in total. The average Bonchev–Trinajstić information content (AvgIpc) is 2.75. The molecular formula is C10H14N6O. The number of hydrogen-bond acceptors (Lipinski definition) is 4. The van der Waals surface area contributed by atoms with Gasteiger partial charge in [0.05, 0.1) is 11.9 Å². The molecule has 2 rings (SSSR count). The summed E-state index contributed by atoms with van der Waals surface area (Å²) in [6, 6.07) is 0. The zero-order valence-corrected chi connectivity index (χ0v) is 9.71. The normalized spacial score (nSPS) is 10.5.